The predicted octanol–water partition coefficient (Wildman–Crippen LogP) is -0.363. The predicted molar refractivity (Wildman–Crippen MR) is 33.9 cm³/mol. The quantitative estimate of drug-likeness (QED) is 0.478. The summed E-state index contributed by atoms with van der Waals surface area (Å²) in [6.45, 7) is 1.26. The minimum absolute atomic E-state index is 0.198. The largest absolute Gasteiger partial charge is 0.372 e. The molecule has 0 aliphatic carbocycles. The van der Waals surface area contributed by atoms with Gasteiger partial charge in [0.25, 0.3) is 0 Å². The van der Waals surface area contributed by atoms with Gasteiger partial charge in [-0.05, 0) is 0 Å². The molecular weight excluding hydrogens is 142 g/mol. The molecule has 4 nitrogen and oxygen atoms in total. The Bertz CT molecular complexity index is 156. The fourth-order valence-electron chi connectivity index (χ4n) is 0.546. The van der Waals surface area contributed by atoms with E-state index in [9.17, 15) is 4.21 Å². The van der Waals surface area contributed by atoms with Crippen LogP contribution in [-0.2, 0) is 15.8 Å². The van der Waals surface area contributed by atoms with Crippen LogP contribution in [0.4, 0.5) is 0 Å². The monoisotopic (exact) mass is 149 g/mol. The van der Waals surface area contributed by atoms with Crippen molar-refractivity contribution in [2.75, 3.05) is 19.8 Å². The molecule has 1 aliphatic heterocycles. The minimum atomic E-state index is -1.93. The molecule has 0 aromatic carbocycles. The lowest BCUT2D eigenvalue weighted by Gasteiger charge is -2.08. The Labute approximate surface area is 55.2 Å². The molecule has 1 aliphatic rings. The Balaban J connectivity index is 2.57. The molecule has 9 heavy (non-hydrogen) atoms. The van der Waals surface area contributed by atoms with E-state index in [-0.39, 0.29) is 11.7 Å². The third-order valence-corrected chi connectivity index (χ3v) is 1.60. The molecule has 1 unspecified atom stereocenters. The van der Waals surface area contributed by atoms with Gasteiger partial charge in [-0.2, -0.15) is 0 Å². The van der Waals surface area contributed by atoms with Gasteiger partial charge in [0.2, 0.25) is 11.1 Å². The standard InChI is InChI=1S/C4H7NO3S/c6-9(7)4-3-8-2-1-5-4/h1-3H2,(H,6,7). The van der Waals surface area contributed by atoms with Crippen molar-refractivity contribution in [3.63, 3.8) is 0 Å². The van der Waals surface area contributed by atoms with Crippen LogP contribution in [0.25, 0.3) is 0 Å². The van der Waals surface area contributed by atoms with Crippen molar-refractivity contribution in [2.45, 2.75) is 0 Å². The molecule has 0 aromatic heterocycles. The lowest BCUT2D eigenvalue weighted by atomic mass is 10.6. The molecule has 0 aromatic rings. The van der Waals surface area contributed by atoms with Gasteiger partial charge >= 0.3 is 0 Å². The van der Waals surface area contributed by atoms with Crippen molar-refractivity contribution in [1.29, 1.82) is 0 Å². The maximum absolute atomic E-state index is 10.3. The Morgan fingerprint density at radius 1 is 1.78 bits per heavy atom. The zero-order valence-corrected chi connectivity index (χ0v) is 5.56. The third kappa shape index (κ3) is 1.85. The molecule has 52 valence electrons. The van der Waals surface area contributed by atoms with E-state index in [4.69, 9.17) is 9.29 Å². The fourth-order valence-corrected chi connectivity index (χ4v) is 0.932. The SMILES string of the molecule is O=S(O)C1=NCCOC1. The Kier molecular flexibility index (Phi) is 2.32. The lowest BCUT2D eigenvalue weighted by Crippen LogP contribution is -2.21. The van der Waals surface area contributed by atoms with E-state index in [2.05, 4.69) is 4.99 Å². The normalized spacial score (nSPS) is 23.0. The molecule has 1 N–H and O–H groups in total. The van der Waals surface area contributed by atoms with Gasteiger partial charge in [-0.3, -0.25) is 4.99 Å². The number of aliphatic imine (C=N–C) groups is 1. The molecule has 0 amide bonds. The van der Waals surface area contributed by atoms with E-state index in [1.807, 2.05) is 0 Å². The molecule has 0 radical (unpaired) electrons. The summed E-state index contributed by atoms with van der Waals surface area (Å²) in [6, 6.07) is 0. The van der Waals surface area contributed by atoms with Gasteiger partial charge in [-0.1, -0.05) is 0 Å². The summed E-state index contributed by atoms with van der Waals surface area (Å²) in [4.78, 5) is 3.77. The first-order chi connectivity index (χ1) is 4.30. The highest BCUT2D eigenvalue weighted by Crippen LogP contribution is 1.93. The van der Waals surface area contributed by atoms with Crippen LogP contribution < -0.4 is 0 Å². The zero-order chi connectivity index (χ0) is 6.69. The second kappa shape index (κ2) is 3.05. The van der Waals surface area contributed by atoms with Gasteiger partial charge in [-0.25, -0.2) is 4.21 Å². The van der Waals surface area contributed by atoms with Crippen LogP contribution in [-0.4, -0.2) is 33.6 Å². The van der Waals surface area contributed by atoms with Crippen LogP contribution in [0.5, 0.6) is 0 Å². The van der Waals surface area contributed by atoms with Crippen molar-refractivity contribution >= 4 is 16.1 Å². The third-order valence-electron chi connectivity index (χ3n) is 0.951. The molecule has 1 heterocycles. The van der Waals surface area contributed by atoms with E-state index in [0.29, 0.717) is 13.2 Å². The van der Waals surface area contributed by atoms with Gasteiger partial charge in [0.1, 0.15) is 0 Å². The number of nitrogens with zero attached hydrogens (tertiary/aromatic N) is 1. The maximum atomic E-state index is 10.3. The van der Waals surface area contributed by atoms with Gasteiger partial charge in [0.15, 0.2) is 5.04 Å². The Morgan fingerprint density at radius 2 is 2.56 bits per heavy atom. The second-order valence-electron chi connectivity index (χ2n) is 1.58. The van der Waals surface area contributed by atoms with Crippen LogP contribution in [0, 0.1) is 0 Å². The van der Waals surface area contributed by atoms with Crippen LogP contribution in [0.15, 0.2) is 4.99 Å². The molecule has 0 saturated carbocycles. The van der Waals surface area contributed by atoms with Gasteiger partial charge in [-0.15, -0.1) is 0 Å². The summed E-state index contributed by atoms with van der Waals surface area (Å²) in [6.07, 6.45) is 0. The maximum Gasteiger partial charge on any atom is 0.203 e. The van der Waals surface area contributed by atoms with Gasteiger partial charge in [0.05, 0.1) is 19.8 Å². The first-order valence-corrected chi connectivity index (χ1v) is 3.63. The van der Waals surface area contributed by atoms with Crippen molar-refractivity contribution < 1.29 is 13.5 Å². The highest BCUT2D eigenvalue weighted by atomic mass is 32.2. The summed E-state index contributed by atoms with van der Waals surface area (Å²) >= 11 is -1.93. The van der Waals surface area contributed by atoms with Crippen molar-refractivity contribution in [2.24, 2.45) is 4.99 Å². The minimum Gasteiger partial charge on any atom is -0.372 e. The van der Waals surface area contributed by atoms with Gasteiger partial charge < -0.3 is 9.29 Å². The Morgan fingerprint density at radius 3 is 2.89 bits per heavy atom. The van der Waals surface area contributed by atoms with E-state index in [0.717, 1.165) is 0 Å². The highest BCUT2D eigenvalue weighted by molar-refractivity contribution is 7.95. The first-order valence-electron chi connectivity index (χ1n) is 2.52. The van der Waals surface area contributed by atoms with Crippen molar-refractivity contribution in [1.82, 2.24) is 0 Å². The molecule has 0 spiro atoms. The summed E-state index contributed by atoms with van der Waals surface area (Å²) in [7, 11) is 0. The lowest BCUT2D eigenvalue weighted by molar-refractivity contribution is 0.172. The van der Waals surface area contributed by atoms with Crippen LogP contribution in [0.2, 0.25) is 0 Å². The zero-order valence-electron chi connectivity index (χ0n) is 4.74. The highest BCUT2D eigenvalue weighted by Gasteiger charge is 2.09. The van der Waals surface area contributed by atoms with E-state index in [1.165, 1.54) is 0 Å². The molecule has 1 rings (SSSR count). The van der Waals surface area contributed by atoms with E-state index in [1.54, 1.807) is 0 Å². The summed E-state index contributed by atoms with van der Waals surface area (Å²) in [5, 5.41) is 0.237. The topological polar surface area (TPSA) is 58.9 Å². The number of ether oxygens (including phenoxy) is 1. The average molecular weight is 149 g/mol. The van der Waals surface area contributed by atoms with Gasteiger partial charge in [0, 0.05) is 0 Å². The molecule has 1 atom stereocenters. The smallest absolute Gasteiger partial charge is 0.203 e. The average Bonchev–Trinajstić information content (AvgIpc) is 1.90. The molecule has 0 saturated heterocycles. The molecule has 0 bridgehead atoms. The number of rotatable bonds is 0. The summed E-state index contributed by atoms with van der Waals surface area (Å²) in [5.74, 6) is 0. The number of hydrogen-bond donors (Lipinski definition) is 1. The van der Waals surface area contributed by atoms with E-state index >= 15 is 0 Å². The second-order valence-corrected chi connectivity index (χ2v) is 2.55. The van der Waals surface area contributed by atoms with Crippen molar-refractivity contribution in [3.8, 4) is 0 Å². The molecule has 0 fully saturated rings. The molecular formula is C4H7NO3S. The van der Waals surface area contributed by atoms with Crippen LogP contribution in [0.3, 0.4) is 0 Å². The summed E-state index contributed by atoms with van der Waals surface area (Å²) in [5.41, 5.74) is 0. The Hall–Kier alpha value is -0.260. The van der Waals surface area contributed by atoms with Crippen LogP contribution in [0.1, 0.15) is 0 Å². The first kappa shape index (κ1) is 6.85. The van der Waals surface area contributed by atoms with Crippen LogP contribution >= 0.6 is 0 Å². The molecule has 5 heteroatoms. The summed E-state index contributed by atoms with van der Waals surface area (Å²) < 4.78 is 23.6. The van der Waals surface area contributed by atoms with E-state index < -0.39 is 11.1 Å². The fraction of sp³-hybridized carbons (Fsp3) is 0.750. The number of hydrogen-bond acceptors (Lipinski definition) is 3. The van der Waals surface area contributed by atoms with Crippen molar-refractivity contribution in [3.05, 3.63) is 0 Å².